The third-order valence-corrected chi connectivity index (χ3v) is 5.98. The van der Waals surface area contributed by atoms with Crippen LogP contribution >= 0.6 is 0 Å². The Bertz CT molecular complexity index is 883. The molecule has 8 nitrogen and oxygen atoms in total. The van der Waals surface area contributed by atoms with Crippen molar-refractivity contribution in [3.63, 3.8) is 0 Å². The van der Waals surface area contributed by atoms with Gasteiger partial charge in [0, 0.05) is 31.3 Å². The molecule has 0 bridgehead atoms. The summed E-state index contributed by atoms with van der Waals surface area (Å²) in [5.41, 5.74) is 0.408. The maximum Gasteiger partial charge on any atom is 0.325 e. The number of urea groups is 1. The molecule has 0 aromatic heterocycles. The molecule has 1 aliphatic carbocycles. The highest BCUT2D eigenvalue weighted by atomic mass is 16.5. The summed E-state index contributed by atoms with van der Waals surface area (Å²) in [6.07, 6.45) is 6.26. The van der Waals surface area contributed by atoms with Crippen LogP contribution in [0.1, 0.15) is 37.7 Å². The van der Waals surface area contributed by atoms with Gasteiger partial charge in [-0.05, 0) is 31.7 Å². The molecule has 2 heterocycles. The van der Waals surface area contributed by atoms with Crippen molar-refractivity contribution in [2.75, 3.05) is 33.4 Å². The number of carbonyl (C=O) groups excluding carboxylic acids is 3. The van der Waals surface area contributed by atoms with Crippen LogP contribution in [0, 0.1) is 0 Å². The van der Waals surface area contributed by atoms with Gasteiger partial charge >= 0.3 is 6.03 Å². The van der Waals surface area contributed by atoms with Gasteiger partial charge in [-0.15, -0.1) is 0 Å². The molecule has 0 radical (unpaired) electrons. The molecular formula is C22H27N3O5. The van der Waals surface area contributed by atoms with Crippen LogP contribution in [0.4, 0.5) is 4.79 Å². The molecule has 1 saturated heterocycles. The first-order chi connectivity index (χ1) is 14.6. The quantitative estimate of drug-likeness (QED) is 0.722. The summed E-state index contributed by atoms with van der Waals surface area (Å²) in [6.45, 7) is 0.804. The number of imide groups is 1. The van der Waals surface area contributed by atoms with Gasteiger partial charge < -0.3 is 19.7 Å². The second-order valence-electron chi connectivity index (χ2n) is 7.80. The highest BCUT2D eigenvalue weighted by Crippen LogP contribution is 2.41. The highest BCUT2D eigenvalue weighted by molar-refractivity contribution is 6.09. The van der Waals surface area contributed by atoms with Crippen LogP contribution in [0.3, 0.4) is 0 Å². The van der Waals surface area contributed by atoms with Gasteiger partial charge in [-0.2, -0.15) is 0 Å². The minimum absolute atomic E-state index is 0.277. The molecule has 1 unspecified atom stereocenters. The second-order valence-corrected chi connectivity index (χ2v) is 7.80. The van der Waals surface area contributed by atoms with E-state index >= 15 is 0 Å². The van der Waals surface area contributed by atoms with Crippen LogP contribution < -0.4 is 10.1 Å². The van der Waals surface area contributed by atoms with Gasteiger partial charge in [0.05, 0.1) is 13.2 Å². The highest BCUT2D eigenvalue weighted by Gasteiger charge is 2.55. The number of hydrogen-bond donors (Lipinski definition) is 1. The summed E-state index contributed by atoms with van der Waals surface area (Å²) in [5, 5.41) is 2.84. The van der Waals surface area contributed by atoms with E-state index in [0.29, 0.717) is 37.5 Å². The Balaban J connectivity index is 1.56. The summed E-state index contributed by atoms with van der Waals surface area (Å²) in [7, 11) is 1.59. The standard InChI is InChI=1S/C22H27N3O5/c1-29-14-12-24(16-7-3-2-4-8-16)19(26)15-25-20(27)22(23-21(25)28)11-13-30-18-10-6-5-9-17(18)22/h5-7,9-10H,2-4,8,11-15H2,1H3,(H,23,28). The van der Waals surface area contributed by atoms with Crippen molar-refractivity contribution >= 4 is 17.8 Å². The first kappa shape index (κ1) is 20.4. The van der Waals surface area contributed by atoms with Gasteiger partial charge in [-0.1, -0.05) is 24.3 Å². The number of benzene rings is 1. The smallest absolute Gasteiger partial charge is 0.325 e. The number of rotatable bonds is 6. The summed E-state index contributed by atoms with van der Waals surface area (Å²) in [6, 6.07) is 6.66. The normalized spacial score (nSPS) is 23.0. The first-order valence-corrected chi connectivity index (χ1v) is 10.4. The van der Waals surface area contributed by atoms with E-state index in [2.05, 4.69) is 11.4 Å². The Morgan fingerprint density at radius 3 is 2.90 bits per heavy atom. The van der Waals surface area contributed by atoms with E-state index in [9.17, 15) is 14.4 Å². The molecule has 0 saturated carbocycles. The Hall–Kier alpha value is -2.87. The zero-order chi connectivity index (χ0) is 21.1. The number of methoxy groups -OCH3 is 1. The molecule has 3 aliphatic rings. The van der Waals surface area contributed by atoms with Crippen LogP contribution in [0.25, 0.3) is 0 Å². The van der Waals surface area contributed by atoms with Crippen molar-refractivity contribution in [2.45, 2.75) is 37.6 Å². The summed E-state index contributed by atoms with van der Waals surface area (Å²) in [5.74, 6) is -0.0957. The Labute approximate surface area is 175 Å². The van der Waals surface area contributed by atoms with Crippen molar-refractivity contribution in [2.24, 2.45) is 0 Å². The lowest BCUT2D eigenvalue weighted by Crippen LogP contribution is -2.48. The van der Waals surface area contributed by atoms with Gasteiger partial charge in [0.2, 0.25) is 5.91 Å². The van der Waals surface area contributed by atoms with Gasteiger partial charge in [0.15, 0.2) is 5.54 Å². The van der Waals surface area contributed by atoms with Gasteiger partial charge in [-0.3, -0.25) is 14.5 Å². The van der Waals surface area contributed by atoms with Crippen LogP contribution in [0.5, 0.6) is 5.75 Å². The number of ether oxygens (including phenoxy) is 2. The van der Waals surface area contributed by atoms with E-state index in [0.717, 1.165) is 36.3 Å². The molecule has 8 heteroatoms. The van der Waals surface area contributed by atoms with Crippen molar-refractivity contribution in [1.82, 2.24) is 15.1 Å². The molecule has 4 amide bonds. The Morgan fingerprint density at radius 1 is 1.30 bits per heavy atom. The molecule has 1 spiro atoms. The zero-order valence-corrected chi connectivity index (χ0v) is 17.2. The van der Waals surface area contributed by atoms with E-state index in [1.807, 2.05) is 12.1 Å². The number of para-hydroxylation sites is 1. The predicted octanol–water partition coefficient (Wildman–Crippen LogP) is 2.15. The van der Waals surface area contributed by atoms with Crippen molar-refractivity contribution in [3.05, 3.63) is 41.6 Å². The van der Waals surface area contributed by atoms with Gasteiger partial charge in [-0.25, -0.2) is 4.79 Å². The van der Waals surface area contributed by atoms with E-state index in [1.54, 1.807) is 24.1 Å². The summed E-state index contributed by atoms with van der Waals surface area (Å²) < 4.78 is 10.8. The molecular weight excluding hydrogens is 386 g/mol. The lowest BCUT2D eigenvalue weighted by atomic mass is 9.84. The monoisotopic (exact) mass is 413 g/mol. The van der Waals surface area contributed by atoms with E-state index in [-0.39, 0.29) is 12.5 Å². The number of hydrogen-bond acceptors (Lipinski definition) is 5. The van der Waals surface area contributed by atoms with E-state index in [4.69, 9.17) is 9.47 Å². The SMILES string of the molecule is COCCN(C(=O)CN1C(=O)NC2(CCOc3ccccc32)C1=O)C1=CCCCC1. The molecule has 2 aliphatic heterocycles. The van der Waals surface area contributed by atoms with Gasteiger partial charge in [0.1, 0.15) is 12.3 Å². The average Bonchev–Trinajstić information content (AvgIpc) is 3.00. The zero-order valence-electron chi connectivity index (χ0n) is 17.2. The molecule has 30 heavy (non-hydrogen) atoms. The van der Waals surface area contributed by atoms with Crippen LogP contribution in [-0.2, 0) is 19.9 Å². The van der Waals surface area contributed by atoms with Crippen molar-refractivity contribution < 1.29 is 23.9 Å². The molecule has 1 aromatic carbocycles. The number of allylic oxidation sites excluding steroid dienone is 2. The summed E-state index contributed by atoms with van der Waals surface area (Å²) >= 11 is 0. The first-order valence-electron chi connectivity index (χ1n) is 10.4. The molecule has 160 valence electrons. The minimum atomic E-state index is -1.17. The molecule has 4 rings (SSSR count). The maximum absolute atomic E-state index is 13.4. The van der Waals surface area contributed by atoms with Crippen LogP contribution in [0.2, 0.25) is 0 Å². The van der Waals surface area contributed by atoms with E-state index in [1.165, 1.54) is 0 Å². The molecule has 1 aromatic rings. The topological polar surface area (TPSA) is 88.2 Å². The minimum Gasteiger partial charge on any atom is -0.493 e. The number of nitrogens with zero attached hydrogens (tertiary/aromatic N) is 2. The third-order valence-electron chi connectivity index (χ3n) is 5.98. The van der Waals surface area contributed by atoms with Crippen molar-refractivity contribution in [1.29, 1.82) is 0 Å². The number of carbonyl (C=O) groups is 3. The number of nitrogens with one attached hydrogen (secondary N) is 1. The molecule has 1 N–H and O–H groups in total. The maximum atomic E-state index is 13.4. The van der Waals surface area contributed by atoms with Crippen LogP contribution in [0.15, 0.2) is 36.0 Å². The fraction of sp³-hybridized carbons (Fsp3) is 0.500. The largest absolute Gasteiger partial charge is 0.493 e. The lowest BCUT2D eigenvalue weighted by molar-refractivity contribution is -0.139. The summed E-state index contributed by atoms with van der Waals surface area (Å²) in [4.78, 5) is 42.0. The fourth-order valence-corrected chi connectivity index (χ4v) is 4.41. The Morgan fingerprint density at radius 2 is 2.13 bits per heavy atom. The predicted molar refractivity (Wildman–Crippen MR) is 109 cm³/mol. The number of amides is 4. The van der Waals surface area contributed by atoms with E-state index < -0.39 is 17.5 Å². The van der Waals surface area contributed by atoms with Crippen molar-refractivity contribution in [3.8, 4) is 5.75 Å². The molecule has 1 atom stereocenters. The average molecular weight is 413 g/mol. The fourth-order valence-electron chi connectivity index (χ4n) is 4.41. The Kier molecular flexibility index (Phi) is 5.76. The molecule has 1 fully saturated rings. The number of fused-ring (bicyclic) bond motifs is 2. The van der Waals surface area contributed by atoms with Crippen LogP contribution in [-0.4, -0.2) is 61.1 Å². The second kappa shape index (κ2) is 8.47. The van der Waals surface area contributed by atoms with Gasteiger partial charge in [0.25, 0.3) is 5.91 Å². The lowest BCUT2D eigenvalue weighted by Gasteiger charge is -2.33. The third kappa shape index (κ3) is 3.56.